The number of hydrogen-bond acceptors (Lipinski definition) is 5. The summed E-state index contributed by atoms with van der Waals surface area (Å²) in [5.74, 6) is 0.822. The van der Waals surface area contributed by atoms with Crippen LogP contribution < -0.4 is 15.6 Å². The number of amides is 1. The van der Waals surface area contributed by atoms with Crippen molar-refractivity contribution in [2.24, 2.45) is 0 Å². The third-order valence-electron chi connectivity index (χ3n) is 3.78. The number of halogens is 1. The molecule has 0 fully saturated rings. The summed E-state index contributed by atoms with van der Waals surface area (Å²) in [5, 5.41) is 6.47. The Morgan fingerprint density at radius 1 is 1.35 bits per heavy atom. The van der Waals surface area contributed by atoms with Crippen molar-refractivity contribution in [3.63, 3.8) is 0 Å². The van der Waals surface area contributed by atoms with Crippen LogP contribution in [-0.4, -0.2) is 16.0 Å². The maximum absolute atomic E-state index is 12.4. The van der Waals surface area contributed by atoms with Crippen molar-refractivity contribution >= 4 is 27.5 Å². The quantitative estimate of drug-likeness (QED) is 0.660. The van der Waals surface area contributed by atoms with Gasteiger partial charge in [0.05, 0.1) is 11.3 Å². The highest BCUT2D eigenvalue weighted by molar-refractivity contribution is 9.10. The molecule has 2 heterocycles. The van der Waals surface area contributed by atoms with Crippen LogP contribution in [0.5, 0.6) is 5.75 Å². The van der Waals surface area contributed by atoms with Gasteiger partial charge in [0, 0.05) is 16.2 Å². The highest BCUT2D eigenvalue weighted by atomic mass is 79.9. The Morgan fingerprint density at radius 3 is 2.88 bits per heavy atom. The van der Waals surface area contributed by atoms with E-state index in [1.54, 1.807) is 24.3 Å². The van der Waals surface area contributed by atoms with Crippen molar-refractivity contribution in [3.8, 4) is 5.75 Å². The predicted molar refractivity (Wildman–Crippen MR) is 99.5 cm³/mol. The first-order valence-electron chi connectivity index (χ1n) is 7.78. The van der Waals surface area contributed by atoms with Crippen LogP contribution in [0, 0.1) is 13.8 Å². The Morgan fingerprint density at radius 2 is 2.15 bits per heavy atom. The second-order valence-electron chi connectivity index (χ2n) is 5.63. The smallest absolute Gasteiger partial charge is 0.271 e. The number of pyridine rings is 1. The number of aromatic amines is 1. The first kappa shape index (κ1) is 17.9. The number of nitrogens with zero attached hydrogens (tertiary/aromatic N) is 1. The van der Waals surface area contributed by atoms with Crippen LogP contribution in [0.25, 0.3) is 0 Å². The van der Waals surface area contributed by atoms with E-state index >= 15 is 0 Å². The number of hydrogen-bond donors (Lipinski definition) is 2. The second kappa shape index (κ2) is 7.57. The molecule has 0 aliphatic rings. The molecule has 2 N–H and O–H groups in total. The van der Waals surface area contributed by atoms with Crippen LogP contribution in [0.1, 0.15) is 27.4 Å². The van der Waals surface area contributed by atoms with Gasteiger partial charge in [0.15, 0.2) is 0 Å². The molecular formula is C18H16BrN3O4. The van der Waals surface area contributed by atoms with Gasteiger partial charge in [0.2, 0.25) is 0 Å². The molecule has 1 aromatic carbocycles. The third-order valence-corrected chi connectivity index (χ3v) is 4.23. The molecule has 0 atom stereocenters. The number of aromatic nitrogens is 2. The van der Waals surface area contributed by atoms with E-state index in [9.17, 15) is 9.59 Å². The van der Waals surface area contributed by atoms with Crippen molar-refractivity contribution in [3.05, 3.63) is 73.9 Å². The molecular weight excluding hydrogens is 402 g/mol. The standard InChI is InChI=1S/C18H16BrN3O4/c1-10-15(11(2)26-22-10)9-25-14-5-3-4-12(6-14)17(23)21-16-7-13(19)8-20-18(16)24/h3-8H,9H2,1-2H3,(H,20,24)(H,21,23). The van der Waals surface area contributed by atoms with Crippen molar-refractivity contribution in [2.75, 3.05) is 5.32 Å². The van der Waals surface area contributed by atoms with Gasteiger partial charge in [-0.2, -0.15) is 0 Å². The van der Waals surface area contributed by atoms with E-state index in [2.05, 4.69) is 31.4 Å². The number of H-pyrrole nitrogens is 1. The second-order valence-corrected chi connectivity index (χ2v) is 6.55. The van der Waals surface area contributed by atoms with Gasteiger partial charge in [-0.15, -0.1) is 0 Å². The minimum Gasteiger partial charge on any atom is -0.489 e. The fraction of sp³-hybridized carbons (Fsp3) is 0.167. The van der Waals surface area contributed by atoms with Gasteiger partial charge in [-0.1, -0.05) is 11.2 Å². The lowest BCUT2D eigenvalue weighted by Gasteiger charge is -2.08. The predicted octanol–water partition coefficient (Wildman–Crippen LogP) is 3.57. The van der Waals surface area contributed by atoms with Gasteiger partial charge < -0.3 is 19.6 Å². The Kier molecular flexibility index (Phi) is 5.22. The molecule has 0 aliphatic heterocycles. The number of ether oxygens (including phenoxy) is 1. The number of carbonyl (C=O) groups is 1. The van der Waals surface area contributed by atoms with Gasteiger partial charge in [0.25, 0.3) is 11.5 Å². The van der Waals surface area contributed by atoms with Crippen LogP contribution in [-0.2, 0) is 6.61 Å². The average Bonchev–Trinajstić information content (AvgIpc) is 2.94. The first-order valence-corrected chi connectivity index (χ1v) is 8.57. The number of rotatable bonds is 5. The van der Waals surface area contributed by atoms with Gasteiger partial charge >= 0.3 is 0 Å². The van der Waals surface area contributed by atoms with Crippen molar-refractivity contribution in [1.82, 2.24) is 10.1 Å². The molecule has 1 amide bonds. The van der Waals surface area contributed by atoms with Crippen LogP contribution in [0.4, 0.5) is 5.69 Å². The van der Waals surface area contributed by atoms with E-state index < -0.39 is 5.91 Å². The van der Waals surface area contributed by atoms with Crippen molar-refractivity contribution < 1.29 is 14.1 Å². The number of aryl methyl sites for hydroxylation is 2. The lowest BCUT2D eigenvalue weighted by molar-refractivity contribution is 0.102. The SMILES string of the molecule is Cc1noc(C)c1COc1cccc(C(=O)Nc2cc(Br)c[nH]c2=O)c1. The normalized spacial score (nSPS) is 10.6. The Bertz CT molecular complexity index is 990. The molecule has 0 saturated carbocycles. The van der Waals surface area contributed by atoms with Gasteiger partial charge in [0.1, 0.15) is 23.8 Å². The summed E-state index contributed by atoms with van der Waals surface area (Å²) in [7, 11) is 0. The monoisotopic (exact) mass is 417 g/mol. The lowest BCUT2D eigenvalue weighted by atomic mass is 10.2. The highest BCUT2D eigenvalue weighted by Gasteiger charge is 2.12. The van der Waals surface area contributed by atoms with E-state index in [1.807, 2.05) is 13.8 Å². The number of carbonyl (C=O) groups excluding carboxylic acids is 1. The molecule has 0 aliphatic carbocycles. The molecule has 0 unspecified atom stereocenters. The average molecular weight is 418 g/mol. The van der Waals surface area contributed by atoms with E-state index in [-0.39, 0.29) is 17.9 Å². The van der Waals surface area contributed by atoms with E-state index in [1.165, 1.54) is 12.3 Å². The summed E-state index contributed by atoms with van der Waals surface area (Å²) in [6.07, 6.45) is 1.50. The maximum Gasteiger partial charge on any atom is 0.271 e. The molecule has 0 bridgehead atoms. The molecule has 26 heavy (non-hydrogen) atoms. The Hall–Kier alpha value is -2.87. The van der Waals surface area contributed by atoms with Crippen LogP contribution in [0.15, 0.2) is 50.3 Å². The molecule has 8 heteroatoms. The fourth-order valence-electron chi connectivity index (χ4n) is 2.34. The zero-order valence-corrected chi connectivity index (χ0v) is 15.7. The van der Waals surface area contributed by atoms with E-state index in [0.29, 0.717) is 21.5 Å². The summed E-state index contributed by atoms with van der Waals surface area (Å²) in [6.45, 7) is 3.95. The summed E-state index contributed by atoms with van der Waals surface area (Å²) in [4.78, 5) is 26.7. The van der Waals surface area contributed by atoms with Gasteiger partial charge in [-0.3, -0.25) is 9.59 Å². The molecule has 3 rings (SSSR count). The van der Waals surface area contributed by atoms with Crippen molar-refractivity contribution in [2.45, 2.75) is 20.5 Å². The molecule has 0 radical (unpaired) electrons. The van der Waals surface area contributed by atoms with Crippen LogP contribution >= 0.6 is 15.9 Å². The largest absolute Gasteiger partial charge is 0.489 e. The zero-order chi connectivity index (χ0) is 18.7. The Labute approximate surface area is 157 Å². The summed E-state index contributed by atoms with van der Waals surface area (Å²) in [6, 6.07) is 8.25. The van der Waals surface area contributed by atoms with Gasteiger partial charge in [-0.25, -0.2) is 0 Å². The molecule has 7 nitrogen and oxygen atoms in total. The van der Waals surface area contributed by atoms with Gasteiger partial charge in [-0.05, 0) is 54.0 Å². The van der Waals surface area contributed by atoms with Crippen LogP contribution in [0.3, 0.4) is 0 Å². The molecule has 134 valence electrons. The molecule has 2 aromatic heterocycles. The van der Waals surface area contributed by atoms with Crippen LogP contribution in [0.2, 0.25) is 0 Å². The van der Waals surface area contributed by atoms with E-state index in [4.69, 9.17) is 9.26 Å². The molecule has 0 saturated heterocycles. The highest BCUT2D eigenvalue weighted by Crippen LogP contribution is 2.19. The topological polar surface area (TPSA) is 97.2 Å². The number of benzene rings is 1. The minimum absolute atomic E-state index is 0.159. The van der Waals surface area contributed by atoms with E-state index in [0.717, 1.165) is 11.3 Å². The maximum atomic E-state index is 12.4. The number of anilines is 1. The third kappa shape index (κ3) is 4.02. The summed E-state index contributed by atoms with van der Waals surface area (Å²) >= 11 is 3.25. The summed E-state index contributed by atoms with van der Waals surface area (Å²) < 4.78 is 11.5. The molecule has 3 aromatic rings. The molecule has 0 spiro atoms. The minimum atomic E-state index is -0.406. The lowest BCUT2D eigenvalue weighted by Crippen LogP contribution is -2.19. The first-order chi connectivity index (χ1) is 12.4. The van der Waals surface area contributed by atoms with Crippen molar-refractivity contribution in [1.29, 1.82) is 0 Å². The zero-order valence-electron chi connectivity index (χ0n) is 14.1. The summed E-state index contributed by atoms with van der Waals surface area (Å²) in [5.41, 5.74) is 1.80. The number of nitrogens with one attached hydrogen (secondary N) is 2. The fourth-order valence-corrected chi connectivity index (χ4v) is 2.68. The Balaban J connectivity index is 1.73.